The highest BCUT2D eigenvalue weighted by molar-refractivity contribution is 7.92. The van der Waals surface area contributed by atoms with Crippen molar-refractivity contribution < 1.29 is 22.7 Å². The molecule has 0 radical (unpaired) electrons. The summed E-state index contributed by atoms with van der Waals surface area (Å²) in [6, 6.07) is 22.4. The van der Waals surface area contributed by atoms with Crippen molar-refractivity contribution in [2.24, 2.45) is 0 Å². The van der Waals surface area contributed by atoms with E-state index in [1.807, 2.05) is 44.2 Å². The van der Waals surface area contributed by atoms with Crippen molar-refractivity contribution in [1.82, 2.24) is 10.2 Å². The molecule has 0 aromatic heterocycles. The zero-order valence-corrected chi connectivity index (χ0v) is 24.6. The fourth-order valence-corrected chi connectivity index (χ4v) is 5.11. The van der Waals surface area contributed by atoms with Gasteiger partial charge in [0.2, 0.25) is 21.8 Å². The molecular formula is C30H36ClN3O5S. The SMILES string of the molecule is CCCNC(=O)C(CC)N(Cc1ccc(Cl)cc1)C(=O)CN(c1ccc(OCc2ccccc2)cc1)S(C)(=O)=O. The monoisotopic (exact) mass is 585 g/mol. The van der Waals surface area contributed by atoms with Gasteiger partial charge in [0, 0.05) is 18.1 Å². The molecule has 10 heteroatoms. The molecule has 0 bridgehead atoms. The Morgan fingerprint density at radius 3 is 2.15 bits per heavy atom. The lowest BCUT2D eigenvalue weighted by Crippen LogP contribution is -2.52. The maximum atomic E-state index is 13.7. The summed E-state index contributed by atoms with van der Waals surface area (Å²) >= 11 is 6.03. The molecule has 1 unspecified atom stereocenters. The molecule has 0 aliphatic heterocycles. The molecule has 0 saturated heterocycles. The highest BCUT2D eigenvalue weighted by Crippen LogP contribution is 2.24. The lowest BCUT2D eigenvalue weighted by atomic mass is 10.1. The van der Waals surface area contributed by atoms with Gasteiger partial charge in [-0.15, -0.1) is 0 Å². The summed E-state index contributed by atoms with van der Waals surface area (Å²) in [6.45, 7) is 4.27. The van der Waals surface area contributed by atoms with E-state index in [1.54, 1.807) is 48.5 Å². The van der Waals surface area contributed by atoms with Crippen molar-refractivity contribution in [2.75, 3.05) is 23.7 Å². The number of sulfonamides is 1. The Morgan fingerprint density at radius 1 is 0.925 bits per heavy atom. The van der Waals surface area contributed by atoms with Crippen molar-refractivity contribution in [1.29, 1.82) is 0 Å². The standard InChI is InChI=1S/C30H36ClN3O5S/c1-4-19-32-30(36)28(5-2)33(20-23-11-13-25(31)14-12-23)29(35)21-34(40(3,37)38)26-15-17-27(18-16-26)39-22-24-9-7-6-8-10-24/h6-18,28H,4-5,19-22H2,1-3H3,(H,32,36). The average molecular weight is 586 g/mol. The van der Waals surface area contributed by atoms with E-state index in [-0.39, 0.29) is 12.5 Å². The van der Waals surface area contributed by atoms with Crippen LogP contribution in [0, 0.1) is 0 Å². The van der Waals surface area contributed by atoms with Crippen LogP contribution >= 0.6 is 11.6 Å². The molecular weight excluding hydrogens is 550 g/mol. The first kappa shape index (κ1) is 31.0. The van der Waals surface area contributed by atoms with Gasteiger partial charge in [-0.2, -0.15) is 0 Å². The first-order chi connectivity index (χ1) is 19.1. The Labute approximate surface area is 241 Å². The molecule has 0 spiro atoms. The summed E-state index contributed by atoms with van der Waals surface area (Å²) < 4.78 is 32.5. The molecule has 1 N–H and O–H groups in total. The normalized spacial score (nSPS) is 11.9. The number of ether oxygens (including phenoxy) is 1. The van der Waals surface area contributed by atoms with E-state index < -0.39 is 28.5 Å². The van der Waals surface area contributed by atoms with Crippen LogP contribution in [0.5, 0.6) is 5.75 Å². The van der Waals surface area contributed by atoms with E-state index in [0.717, 1.165) is 28.1 Å². The molecule has 0 saturated carbocycles. The number of benzene rings is 3. The molecule has 3 aromatic carbocycles. The van der Waals surface area contributed by atoms with Crippen LogP contribution in [0.3, 0.4) is 0 Å². The van der Waals surface area contributed by atoms with Gasteiger partial charge in [-0.1, -0.05) is 67.9 Å². The number of halogens is 1. The van der Waals surface area contributed by atoms with Gasteiger partial charge < -0.3 is 15.0 Å². The largest absolute Gasteiger partial charge is 0.489 e. The summed E-state index contributed by atoms with van der Waals surface area (Å²) in [6.07, 6.45) is 2.16. The average Bonchev–Trinajstić information content (AvgIpc) is 2.94. The fourth-order valence-electron chi connectivity index (χ4n) is 4.14. The van der Waals surface area contributed by atoms with Gasteiger partial charge >= 0.3 is 0 Å². The lowest BCUT2D eigenvalue weighted by molar-refractivity contribution is -0.140. The Hall–Kier alpha value is -3.56. The minimum atomic E-state index is -3.83. The summed E-state index contributed by atoms with van der Waals surface area (Å²) in [4.78, 5) is 28.2. The predicted octanol–water partition coefficient (Wildman–Crippen LogP) is 5.02. The second-order valence-electron chi connectivity index (χ2n) is 9.40. The molecule has 0 fully saturated rings. The number of anilines is 1. The third kappa shape index (κ3) is 8.99. The molecule has 0 aliphatic rings. The van der Waals surface area contributed by atoms with Crippen LogP contribution in [-0.4, -0.2) is 50.5 Å². The number of amides is 2. The Kier molecular flexibility index (Phi) is 11.4. The van der Waals surface area contributed by atoms with Crippen LogP contribution in [0.1, 0.15) is 37.8 Å². The van der Waals surface area contributed by atoms with Crippen LogP contribution in [0.25, 0.3) is 0 Å². The van der Waals surface area contributed by atoms with E-state index in [9.17, 15) is 18.0 Å². The Morgan fingerprint density at radius 2 is 1.57 bits per heavy atom. The van der Waals surface area contributed by atoms with Crippen LogP contribution < -0.4 is 14.4 Å². The van der Waals surface area contributed by atoms with Gasteiger partial charge in [-0.3, -0.25) is 13.9 Å². The minimum Gasteiger partial charge on any atom is -0.489 e. The Bertz CT molecular complexity index is 1350. The van der Waals surface area contributed by atoms with Crippen molar-refractivity contribution >= 4 is 39.1 Å². The molecule has 2 amide bonds. The number of hydrogen-bond acceptors (Lipinski definition) is 5. The molecule has 0 heterocycles. The first-order valence-corrected chi connectivity index (χ1v) is 15.4. The zero-order chi connectivity index (χ0) is 29.1. The van der Waals surface area contributed by atoms with Gasteiger partial charge in [0.15, 0.2) is 0 Å². The van der Waals surface area contributed by atoms with Crippen molar-refractivity contribution in [3.05, 3.63) is 95.0 Å². The fraction of sp³-hybridized carbons (Fsp3) is 0.333. The van der Waals surface area contributed by atoms with Crippen molar-refractivity contribution in [3.63, 3.8) is 0 Å². The molecule has 40 heavy (non-hydrogen) atoms. The lowest BCUT2D eigenvalue weighted by Gasteiger charge is -2.33. The van der Waals surface area contributed by atoms with Crippen LogP contribution in [0.15, 0.2) is 78.9 Å². The van der Waals surface area contributed by atoms with Crippen LogP contribution in [0.4, 0.5) is 5.69 Å². The molecule has 8 nitrogen and oxygen atoms in total. The third-order valence-electron chi connectivity index (χ3n) is 6.25. The predicted molar refractivity (Wildman–Crippen MR) is 159 cm³/mol. The smallest absolute Gasteiger partial charge is 0.244 e. The van der Waals surface area contributed by atoms with Gasteiger partial charge in [-0.05, 0) is 60.4 Å². The number of hydrogen-bond donors (Lipinski definition) is 1. The zero-order valence-electron chi connectivity index (χ0n) is 23.0. The number of nitrogens with one attached hydrogen (secondary N) is 1. The number of carbonyl (C=O) groups is 2. The molecule has 214 valence electrons. The van der Waals surface area contributed by atoms with Gasteiger partial charge in [0.05, 0.1) is 11.9 Å². The van der Waals surface area contributed by atoms with Crippen molar-refractivity contribution in [2.45, 2.75) is 45.9 Å². The number of carbonyl (C=O) groups excluding carboxylic acids is 2. The molecule has 0 aliphatic carbocycles. The topological polar surface area (TPSA) is 96.0 Å². The van der Waals surface area contributed by atoms with E-state index in [4.69, 9.17) is 16.3 Å². The summed E-state index contributed by atoms with van der Waals surface area (Å²) in [5, 5.41) is 3.41. The van der Waals surface area contributed by atoms with E-state index in [0.29, 0.717) is 36.0 Å². The second kappa shape index (κ2) is 14.7. The van der Waals surface area contributed by atoms with E-state index >= 15 is 0 Å². The number of rotatable bonds is 14. The maximum Gasteiger partial charge on any atom is 0.244 e. The van der Waals surface area contributed by atoms with Crippen molar-refractivity contribution in [3.8, 4) is 5.75 Å². The quantitative estimate of drug-likeness (QED) is 0.287. The maximum absolute atomic E-state index is 13.7. The summed E-state index contributed by atoms with van der Waals surface area (Å²) in [5.74, 6) is -0.212. The van der Waals surface area contributed by atoms with E-state index in [2.05, 4.69) is 5.32 Å². The highest BCUT2D eigenvalue weighted by Gasteiger charge is 2.31. The minimum absolute atomic E-state index is 0.123. The molecule has 3 aromatic rings. The van der Waals surface area contributed by atoms with Gasteiger partial charge in [0.1, 0.15) is 24.9 Å². The van der Waals surface area contributed by atoms with Gasteiger partial charge in [0.25, 0.3) is 0 Å². The summed E-state index contributed by atoms with van der Waals surface area (Å²) in [7, 11) is -3.83. The Balaban J connectivity index is 1.83. The van der Waals surface area contributed by atoms with E-state index in [1.165, 1.54) is 4.90 Å². The molecule has 3 rings (SSSR count). The highest BCUT2D eigenvalue weighted by atomic mass is 35.5. The number of nitrogens with zero attached hydrogens (tertiary/aromatic N) is 2. The van der Waals surface area contributed by atoms with Crippen LogP contribution in [0.2, 0.25) is 5.02 Å². The van der Waals surface area contributed by atoms with Crippen LogP contribution in [-0.2, 0) is 32.8 Å². The first-order valence-electron chi connectivity index (χ1n) is 13.2. The third-order valence-corrected chi connectivity index (χ3v) is 7.65. The molecule has 1 atom stereocenters. The summed E-state index contributed by atoms with van der Waals surface area (Å²) in [5.41, 5.74) is 2.09. The second-order valence-corrected chi connectivity index (χ2v) is 11.7. The van der Waals surface area contributed by atoms with Gasteiger partial charge in [-0.25, -0.2) is 8.42 Å².